The highest BCUT2D eigenvalue weighted by molar-refractivity contribution is 5.83. The third-order valence-electron chi connectivity index (χ3n) is 9.30. The Labute approximate surface area is 293 Å². The van der Waals surface area contributed by atoms with Crippen molar-refractivity contribution in [3.05, 3.63) is 120 Å². The van der Waals surface area contributed by atoms with Gasteiger partial charge in [0.15, 0.2) is 0 Å². The zero-order valence-electron chi connectivity index (χ0n) is 28.4. The summed E-state index contributed by atoms with van der Waals surface area (Å²) in [4.78, 5) is 27.1. The van der Waals surface area contributed by atoms with E-state index in [0.717, 1.165) is 63.3 Å². The second-order valence-electron chi connectivity index (χ2n) is 12.5. The highest BCUT2D eigenvalue weighted by atomic mass is 19.4. The summed E-state index contributed by atoms with van der Waals surface area (Å²) in [6, 6.07) is 22.0. The van der Waals surface area contributed by atoms with E-state index in [-0.39, 0.29) is 18.8 Å². The summed E-state index contributed by atoms with van der Waals surface area (Å²) in [6.07, 6.45) is -5.77. The van der Waals surface area contributed by atoms with Gasteiger partial charge in [0.05, 0.1) is 0 Å². The van der Waals surface area contributed by atoms with Crippen molar-refractivity contribution in [2.24, 2.45) is 5.92 Å². The lowest BCUT2D eigenvalue weighted by Crippen LogP contribution is -2.53. The van der Waals surface area contributed by atoms with Crippen LogP contribution in [0.15, 0.2) is 103 Å². The molecule has 4 atom stereocenters. The van der Waals surface area contributed by atoms with Gasteiger partial charge in [-0.05, 0) is 43.2 Å². The Bertz CT molecular complexity index is 1560. The van der Waals surface area contributed by atoms with E-state index in [1.807, 2.05) is 12.1 Å². The van der Waals surface area contributed by atoms with Crippen LogP contribution in [-0.2, 0) is 46.2 Å². The first kappa shape index (κ1) is 39.6. The zero-order chi connectivity index (χ0) is 37.1. The Morgan fingerprint density at radius 1 is 0.686 bits per heavy atom. The molecule has 1 aliphatic carbocycles. The molecule has 0 unspecified atom stereocenters. The van der Waals surface area contributed by atoms with Crippen molar-refractivity contribution in [3.63, 3.8) is 0 Å². The molecule has 12 heteroatoms. The van der Waals surface area contributed by atoms with E-state index in [2.05, 4.69) is 0 Å². The molecule has 0 aliphatic heterocycles. The van der Waals surface area contributed by atoms with Gasteiger partial charge in [-0.1, -0.05) is 116 Å². The minimum atomic E-state index is -5.19. The Balaban J connectivity index is 1.64. The first-order chi connectivity index (χ1) is 24.3. The molecule has 51 heavy (non-hydrogen) atoms. The Hall–Kier alpha value is -4.16. The largest absolute Gasteiger partial charge is 0.459 e. The van der Waals surface area contributed by atoms with Crippen LogP contribution < -0.4 is 0 Å². The van der Waals surface area contributed by atoms with Crippen molar-refractivity contribution in [1.29, 1.82) is 0 Å². The van der Waals surface area contributed by atoms with Crippen LogP contribution in [0.3, 0.4) is 0 Å². The lowest BCUT2D eigenvalue weighted by molar-refractivity contribution is -0.279. The first-order valence-electron chi connectivity index (χ1n) is 16.8. The molecule has 3 aromatic rings. The minimum Gasteiger partial charge on any atom is -0.459 e. The van der Waals surface area contributed by atoms with Gasteiger partial charge in [0, 0.05) is 31.8 Å². The number of hydrogen-bond acceptors (Lipinski definition) is 6. The maximum atomic E-state index is 14.7. The van der Waals surface area contributed by atoms with E-state index in [0.29, 0.717) is 19.3 Å². The molecule has 0 N–H and O–H groups in total. The number of halogens is 6. The van der Waals surface area contributed by atoms with Gasteiger partial charge >= 0.3 is 24.3 Å². The Morgan fingerprint density at radius 2 is 1.14 bits per heavy atom. The number of carbonyl (C=O) groups is 2. The molecule has 0 heterocycles. The summed E-state index contributed by atoms with van der Waals surface area (Å²) in [5.74, 6) is -3.63. The number of carbonyl (C=O) groups excluding carboxylic acids is 2. The van der Waals surface area contributed by atoms with E-state index in [1.165, 1.54) is 48.6 Å². The van der Waals surface area contributed by atoms with Crippen molar-refractivity contribution >= 4 is 11.9 Å². The fourth-order valence-electron chi connectivity index (χ4n) is 6.53. The predicted octanol–water partition coefficient (Wildman–Crippen LogP) is 9.18. The molecular formula is C39H42F6O6. The first-order valence-corrected chi connectivity index (χ1v) is 16.8. The topological polar surface area (TPSA) is 71.1 Å². The molecule has 0 amide bonds. The molecule has 1 saturated carbocycles. The van der Waals surface area contributed by atoms with Gasteiger partial charge in [-0.15, -0.1) is 0 Å². The van der Waals surface area contributed by atoms with Crippen LogP contribution in [0.4, 0.5) is 26.3 Å². The monoisotopic (exact) mass is 720 g/mol. The second kappa shape index (κ2) is 17.4. The van der Waals surface area contributed by atoms with Crippen LogP contribution in [-0.4, -0.2) is 50.7 Å². The van der Waals surface area contributed by atoms with Crippen molar-refractivity contribution in [1.82, 2.24) is 0 Å². The van der Waals surface area contributed by atoms with Crippen molar-refractivity contribution in [2.45, 2.75) is 87.1 Å². The molecule has 0 spiro atoms. The van der Waals surface area contributed by atoms with Crippen LogP contribution >= 0.6 is 0 Å². The molecule has 0 bridgehead atoms. The van der Waals surface area contributed by atoms with Gasteiger partial charge < -0.3 is 18.9 Å². The fourth-order valence-corrected chi connectivity index (χ4v) is 6.53. The van der Waals surface area contributed by atoms with Gasteiger partial charge in [0.25, 0.3) is 11.2 Å². The van der Waals surface area contributed by atoms with Crippen molar-refractivity contribution in [3.8, 4) is 0 Å². The number of aryl methyl sites for hydroxylation is 1. The van der Waals surface area contributed by atoms with Gasteiger partial charge in [-0.25, -0.2) is 9.59 Å². The lowest BCUT2D eigenvalue weighted by Gasteiger charge is -2.35. The van der Waals surface area contributed by atoms with Crippen LogP contribution in [0.5, 0.6) is 0 Å². The maximum absolute atomic E-state index is 14.7. The van der Waals surface area contributed by atoms with Gasteiger partial charge in [-0.3, -0.25) is 0 Å². The summed E-state index contributed by atoms with van der Waals surface area (Å²) in [5.41, 5.74) is -6.88. The smallest absolute Gasteiger partial charge is 0.432 e. The van der Waals surface area contributed by atoms with Crippen LogP contribution in [0, 0.1) is 5.92 Å². The van der Waals surface area contributed by atoms with Crippen LogP contribution in [0.25, 0.3) is 0 Å². The van der Waals surface area contributed by atoms with E-state index in [1.54, 1.807) is 18.2 Å². The standard InChI is InChI=1S/C39H42F6O6/c1-48-36(38(40,41)42,30-20-11-5-12-21-30)34(46)50-32(27-26-28-16-7-3-8-17-28)24-15-25-33(29-18-9-4-10-19-29)51-35(47)37(49-2,39(43,44)45)31-22-13-6-14-23-31/h3,5-8,11-17,20-23,25,29,32-33H,4,9-10,18-19,24,26-27H2,1-2H3/b25-15-/t32-,33+,36-,37-/m1/s1. The number of benzene rings is 3. The minimum absolute atomic E-state index is 0.106. The Morgan fingerprint density at radius 3 is 1.59 bits per heavy atom. The van der Waals surface area contributed by atoms with Gasteiger partial charge in [0.2, 0.25) is 0 Å². The molecule has 0 aromatic heterocycles. The third-order valence-corrected chi connectivity index (χ3v) is 9.30. The molecule has 0 radical (unpaired) electrons. The average Bonchev–Trinajstić information content (AvgIpc) is 3.11. The average molecular weight is 721 g/mol. The highest BCUT2D eigenvalue weighted by Crippen LogP contribution is 2.45. The van der Waals surface area contributed by atoms with Crippen LogP contribution in [0.1, 0.15) is 61.6 Å². The van der Waals surface area contributed by atoms with E-state index >= 15 is 0 Å². The normalized spacial score (nSPS) is 18.0. The second-order valence-corrected chi connectivity index (χ2v) is 12.5. The predicted molar refractivity (Wildman–Crippen MR) is 177 cm³/mol. The Kier molecular flexibility index (Phi) is 13.5. The number of ether oxygens (including phenoxy) is 4. The van der Waals surface area contributed by atoms with E-state index in [9.17, 15) is 35.9 Å². The quantitative estimate of drug-likeness (QED) is 0.0887. The molecule has 6 nitrogen and oxygen atoms in total. The van der Waals surface area contributed by atoms with Crippen molar-refractivity contribution < 1.29 is 54.9 Å². The molecule has 276 valence electrons. The molecule has 1 fully saturated rings. The molecule has 0 saturated heterocycles. The fraction of sp³-hybridized carbons (Fsp3) is 0.436. The molecular weight excluding hydrogens is 678 g/mol. The number of hydrogen-bond donors (Lipinski definition) is 0. The zero-order valence-corrected chi connectivity index (χ0v) is 28.4. The summed E-state index contributed by atoms with van der Waals surface area (Å²) in [6.45, 7) is 0. The number of rotatable bonds is 15. The van der Waals surface area contributed by atoms with E-state index < -0.39 is 58.8 Å². The summed E-state index contributed by atoms with van der Waals surface area (Å²) in [5, 5.41) is 0. The van der Waals surface area contributed by atoms with Gasteiger partial charge in [0.1, 0.15) is 12.2 Å². The number of alkyl halides is 6. The van der Waals surface area contributed by atoms with Crippen LogP contribution in [0.2, 0.25) is 0 Å². The van der Waals surface area contributed by atoms with Crippen molar-refractivity contribution in [2.75, 3.05) is 14.2 Å². The summed E-state index contributed by atoms with van der Waals surface area (Å²) >= 11 is 0. The molecule has 1 aliphatic rings. The number of methoxy groups -OCH3 is 2. The maximum Gasteiger partial charge on any atom is 0.432 e. The third kappa shape index (κ3) is 9.02. The molecule has 4 rings (SSSR count). The summed E-state index contributed by atoms with van der Waals surface area (Å²) < 4.78 is 109. The van der Waals surface area contributed by atoms with E-state index in [4.69, 9.17) is 18.9 Å². The molecule has 3 aromatic carbocycles. The lowest BCUT2D eigenvalue weighted by atomic mass is 9.84. The summed E-state index contributed by atoms with van der Waals surface area (Å²) in [7, 11) is 1.56. The van der Waals surface area contributed by atoms with Gasteiger partial charge in [-0.2, -0.15) is 26.3 Å². The number of esters is 2. The highest BCUT2D eigenvalue weighted by Gasteiger charge is 2.65. The SMILES string of the molecule is CO[C@@](C(=O)O[C@H](C/C=C\[C@H](OC(=O)[C@](OC)(c1ccccc1)C(F)(F)F)C1CCCCC1)CCc1ccccc1)(c1ccccc1)C(F)(F)F.